The summed E-state index contributed by atoms with van der Waals surface area (Å²) in [4.78, 5) is 25.2. The van der Waals surface area contributed by atoms with Crippen LogP contribution in [0.5, 0.6) is 0 Å². The third kappa shape index (κ3) is 2.56. The van der Waals surface area contributed by atoms with Crippen LogP contribution in [0.25, 0.3) is 5.65 Å². The van der Waals surface area contributed by atoms with Crippen LogP contribution in [0.1, 0.15) is 21.6 Å². The zero-order valence-corrected chi connectivity index (χ0v) is 9.31. The molecule has 0 saturated carbocycles. The third-order valence-corrected chi connectivity index (χ3v) is 2.42. The van der Waals surface area contributed by atoms with Gasteiger partial charge in [0.2, 0.25) is 0 Å². The van der Waals surface area contributed by atoms with E-state index in [1.54, 1.807) is 0 Å². The molecule has 0 spiro atoms. The zero-order valence-electron chi connectivity index (χ0n) is 9.31. The Hall–Kier alpha value is -2.38. The van der Waals surface area contributed by atoms with Crippen molar-refractivity contribution in [1.82, 2.24) is 9.38 Å². The lowest BCUT2D eigenvalue weighted by Crippen LogP contribution is -2.07. The first-order valence-electron chi connectivity index (χ1n) is 5.07. The number of fused-ring (bicyclic) bond motifs is 1. The van der Waals surface area contributed by atoms with Crippen LogP contribution in [0, 0.1) is 0 Å². The van der Waals surface area contributed by atoms with Gasteiger partial charge < -0.3 is 9.51 Å². The molecule has 0 fully saturated rings. The fourth-order valence-corrected chi connectivity index (χ4v) is 1.66. The molecule has 0 bridgehead atoms. The summed E-state index contributed by atoms with van der Waals surface area (Å²) in [6.07, 6.45) is -2.85. The summed E-state index contributed by atoms with van der Waals surface area (Å²) in [5, 5.41) is 8.60. The molecule has 0 atom stereocenters. The molecule has 0 amide bonds. The molecule has 0 aliphatic rings. The number of nitrogens with zero attached hydrogens (tertiary/aromatic N) is 2. The first kappa shape index (κ1) is 13.1. The zero-order chi connectivity index (χ0) is 14.2. The van der Waals surface area contributed by atoms with Gasteiger partial charge in [-0.15, -0.1) is 0 Å². The number of hydrogen-bond donors (Lipinski definition) is 1. The van der Waals surface area contributed by atoms with Gasteiger partial charge in [-0.3, -0.25) is 9.59 Å². The lowest BCUT2D eigenvalue weighted by molar-refractivity contribution is -0.138. The van der Waals surface area contributed by atoms with E-state index in [-0.39, 0.29) is 23.2 Å². The molecule has 8 heteroatoms. The van der Waals surface area contributed by atoms with Gasteiger partial charge in [0.1, 0.15) is 5.65 Å². The van der Waals surface area contributed by atoms with Crippen molar-refractivity contribution >= 4 is 17.9 Å². The number of aromatic nitrogens is 2. The molecule has 0 unspecified atom stereocenters. The molecule has 0 aliphatic heterocycles. The number of carbonyl (C=O) groups is 2. The molecule has 2 heterocycles. The monoisotopic (exact) mass is 272 g/mol. The van der Waals surface area contributed by atoms with Crippen molar-refractivity contribution in [2.45, 2.75) is 12.6 Å². The average molecular weight is 272 g/mol. The molecule has 0 radical (unpaired) electrons. The Bertz CT molecular complexity index is 661. The minimum atomic E-state index is -4.59. The average Bonchev–Trinajstić information content (AvgIpc) is 2.67. The first-order valence-corrected chi connectivity index (χ1v) is 5.07. The molecular weight excluding hydrogens is 265 g/mol. The number of pyridine rings is 1. The molecule has 2 rings (SSSR count). The highest BCUT2D eigenvalue weighted by molar-refractivity contribution is 5.84. The molecule has 1 N–H and O–H groups in total. The van der Waals surface area contributed by atoms with E-state index < -0.39 is 24.1 Å². The molecule has 0 saturated heterocycles. The van der Waals surface area contributed by atoms with Gasteiger partial charge in [0.15, 0.2) is 6.29 Å². The van der Waals surface area contributed by atoms with Crippen LogP contribution >= 0.6 is 0 Å². The summed E-state index contributed by atoms with van der Waals surface area (Å²) in [7, 11) is 0. The van der Waals surface area contributed by atoms with Crippen LogP contribution < -0.4 is 0 Å². The van der Waals surface area contributed by atoms with Crippen molar-refractivity contribution in [1.29, 1.82) is 0 Å². The van der Waals surface area contributed by atoms with Gasteiger partial charge in [0, 0.05) is 12.4 Å². The molecule has 0 aromatic carbocycles. The Morgan fingerprint density at radius 2 is 2.11 bits per heavy atom. The summed E-state index contributed by atoms with van der Waals surface area (Å²) in [6.45, 7) is 0. The van der Waals surface area contributed by atoms with Crippen molar-refractivity contribution in [3.63, 3.8) is 0 Å². The number of carboxylic acid groups (broad SMARTS) is 1. The van der Waals surface area contributed by atoms with Crippen molar-refractivity contribution in [3.05, 3.63) is 35.3 Å². The van der Waals surface area contributed by atoms with Gasteiger partial charge in [-0.2, -0.15) is 13.2 Å². The SMILES string of the molecule is O=Cc1cc(C(F)(F)F)cn2cc(CC(=O)O)nc12. The lowest BCUT2D eigenvalue weighted by Gasteiger charge is -2.07. The Morgan fingerprint density at radius 1 is 1.42 bits per heavy atom. The predicted molar refractivity (Wildman–Crippen MR) is 56.9 cm³/mol. The van der Waals surface area contributed by atoms with E-state index in [1.807, 2.05) is 0 Å². The van der Waals surface area contributed by atoms with Gasteiger partial charge in [0.05, 0.1) is 23.2 Å². The molecule has 0 aliphatic carbocycles. The highest BCUT2D eigenvalue weighted by atomic mass is 19.4. The Morgan fingerprint density at radius 3 is 2.63 bits per heavy atom. The number of carbonyl (C=O) groups excluding carboxylic acids is 1. The van der Waals surface area contributed by atoms with E-state index in [2.05, 4.69) is 4.98 Å². The number of aldehydes is 1. The highest BCUT2D eigenvalue weighted by Gasteiger charge is 2.32. The summed E-state index contributed by atoms with van der Waals surface area (Å²) < 4.78 is 38.8. The molecule has 100 valence electrons. The summed E-state index contributed by atoms with van der Waals surface area (Å²) >= 11 is 0. The maximum atomic E-state index is 12.6. The fourth-order valence-electron chi connectivity index (χ4n) is 1.66. The van der Waals surface area contributed by atoms with Crippen molar-refractivity contribution in [2.24, 2.45) is 0 Å². The maximum absolute atomic E-state index is 12.6. The smallest absolute Gasteiger partial charge is 0.417 e. The van der Waals surface area contributed by atoms with E-state index in [4.69, 9.17) is 5.11 Å². The van der Waals surface area contributed by atoms with Crippen LogP contribution in [-0.4, -0.2) is 26.7 Å². The summed E-state index contributed by atoms with van der Waals surface area (Å²) in [5.41, 5.74) is -1.16. The summed E-state index contributed by atoms with van der Waals surface area (Å²) in [5.74, 6) is -1.16. The molecule has 2 aromatic heterocycles. The van der Waals surface area contributed by atoms with Crippen LogP contribution in [0.3, 0.4) is 0 Å². The highest BCUT2D eigenvalue weighted by Crippen LogP contribution is 2.30. The summed E-state index contributed by atoms with van der Waals surface area (Å²) in [6, 6.07) is 0.680. The minimum Gasteiger partial charge on any atom is -0.481 e. The number of aliphatic carboxylic acids is 1. The van der Waals surface area contributed by atoms with E-state index in [0.717, 1.165) is 16.8 Å². The second-order valence-electron chi connectivity index (χ2n) is 3.83. The second kappa shape index (κ2) is 4.38. The number of hydrogen-bond acceptors (Lipinski definition) is 3. The number of rotatable bonds is 3. The largest absolute Gasteiger partial charge is 0.481 e. The molecule has 5 nitrogen and oxygen atoms in total. The first-order chi connectivity index (χ1) is 8.81. The van der Waals surface area contributed by atoms with E-state index >= 15 is 0 Å². The van der Waals surface area contributed by atoms with Crippen molar-refractivity contribution in [3.8, 4) is 0 Å². The molecular formula is C11H7F3N2O3. The van der Waals surface area contributed by atoms with Crippen LogP contribution in [0.2, 0.25) is 0 Å². The maximum Gasteiger partial charge on any atom is 0.417 e. The predicted octanol–water partition coefficient (Wildman–Crippen LogP) is 1.79. The number of halogens is 3. The van der Waals surface area contributed by atoms with E-state index in [0.29, 0.717) is 6.07 Å². The molecule has 2 aromatic rings. The topological polar surface area (TPSA) is 71.7 Å². The Balaban J connectivity index is 2.63. The van der Waals surface area contributed by atoms with Gasteiger partial charge in [-0.1, -0.05) is 0 Å². The Labute approximate surface area is 104 Å². The number of alkyl halides is 3. The van der Waals surface area contributed by atoms with Crippen LogP contribution in [-0.2, 0) is 17.4 Å². The number of imidazole rings is 1. The Kier molecular flexibility index (Phi) is 3.01. The van der Waals surface area contributed by atoms with Gasteiger partial charge in [0.25, 0.3) is 0 Å². The fraction of sp³-hybridized carbons (Fsp3) is 0.182. The van der Waals surface area contributed by atoms with E-state index in [1.165, 1.54) is 0 Å². The van der Waals surface area contributed by atoms with Crippen molar-refractivity contribution in [2.75, 3.05) is 0 Å². The van der Waals surface area contributed by atoms with Crippen LogP contribution in [0.4, 0.5) is 13.2 Å². The minimum absolute atomic E-state index is 0.000694. The quantitative estimate of drug-likeness (QED) is 0.865. The van der Waals surface area contributed by atoms with Crippen molar-refractivity contribution < 1.29 is 27.9 Å². The second-order valence-corrected chi connectivity index (χ2v) is 3.83. The standard InChI is InChI=1S/C11H7F3N2O3/c12-11(13,14)7-1-6(5-17)10-15-8(2-9(18)19)4-16(10)3-7/h1,3-5H,2H2,(H,18,19). The normalized spacial score (nSPS) is 11.7. The van der Waals surface area contributed by atoms with E-state index in [9.17, 15) is 22.8 Å². The van der Waals surface area contributed by atoms with Crippen LogP contribution in [0.15, 0.2) is 18.5 Å². The van der Waals surface area contributed by atoms with Gasteiger partial charge in [-0.05, 0) is 6.07 Å². The van der Waals surface area contributed by atoms with Gasteiger partial charge >= 0.3 is 12.1 Å². The molecule has 19 heavy (non-hydrogen) atoms. The lowest BCUT2D eigenvalue weighted by atomic mass is 10.2. The number of carboxylic acids is 1. The third-order valence-electron chi connectivity index (χ3n) is 2.42. The van der Waals surface area contributed by atoms with Gasteiger partial charge in [-0.25, -0.2) is 4.98 Å².